The Labute approximate surface area is 147 Å². The van der Waals surface area contributed by atoms with Crippen molar-refractivity contribution in [3.05, 3.63) is 71.2 Å². The lowest BCUT2D eigenvalue weighted by Crippen LogP contribution is -2.46. The second-order valence-corrected chi connectivity index (χ2v) is 6.61. The van der Waals surface area contributed by atoms with Crippen LogP contribution in [0.2, 0.25) is 5.02 Å². The number of piperazine rings is 1. The molecular weight excluding hydrogens is 318 g/mol. The molecule has 0 spiro atoms. The maximum Gasteiger partial charge on any atom is 0.129 e. The monoisotopic (exact) mass is 336 g/mol. The van der Waals surface area contributed by atoms with Crippen LogP contribution in [0.1, 0.15) is 5.56 Å². The minimum atomic E-state index is 0.795. The van der Waals surface area contributed by atoms with E-state index in [2.05, 4.69) is 40.1 Å². The van der Waals surface area contributed by atoms with Crippen LogP contribution in [-0.2, 0) is 6.54 Å². The average molecular weight is 337 g/mol. The lowest BCUT2D eigenvalue weighted by molar-refractivity contribution is 0.249. The fraction of sp³-hybridized carbons (Fsp3) is 0.250. The molecular formula is C20H19ClN3. The average Bonchev–Trinajstić information content (AvgIpc) is 2.64. The molecule has 2 heterocycles. The summed E-state index contributed by atoms with van der Waals surface area (Å²) < 4.78 is 0. The van der Waals surface area contributed by atoms with Crippen molar-refractivity contribution in [2.45, 2.75) is 6.54 Å². The minimum absolute atomic E-state index is 0.795. The second kappa shape index (κ2) is 6.80. The molecule has 1 aliphatic heterocycles. The number of aromatic nitrogens is 1. The minimum Gasteiger partial charge on any atom is -0.354 e. The van der Waals surface area contributed by atoms with Gasteiger partial charge in [-0.2, -0.15) is 0 Å². The Kier molecular flexibility index (Phi) is 4.37. The van der Waals surface area contributed by atoms with Gasteiger partial charge in [0.15, 0.2) is 0 Å². The summed E-state index contributed by atoms with van der Waals surface area (Å²) in [5.41, 5.74) is 2.35. The second-order valence-electron chi connectivity index (χ2n) is 6.18. The Hall–Kier alpha value is -2.10. The molecule has 0 N–H and O–H groups in total. The number of pyridine rings is 1. The number of hydrogen-bond acceptors (Lipinski definition) is 3. The lowest BCUT2D eigenvalue weighted by atomic mass is 10.2. The van der Waals surface area contributed by atoms with Gasteiger partial charge >= 0.3 is 0 Å². The van der Waals surface area contributed by atoms with Crippen molar-refractivity contribution < 1.29 is 0 Å². The van der Waals surface area contributed by atoms with Crippen LogP contribution in [0.15, 0.2) is 54.6 Å². The molecule has 0 unspecified atom stereocenters. The summed E-state index contributed by atoms with van der Waals surface area (Å²) in [6.07, 6.45) is 0. The Bertz CT molecular complexity index is 824. The van der Waals surface area contributed by atoms with Gasteiger partial charge in [0, 0.05) is 43.1 Å². The zero-order valence-corrected chi connectivity index (χ0v) is 14.2. The van der Waals surface area contributed by atoms with E-state index >= 15 is 0 Å². The quantitative estimate of drug-likeness (QED) is 0.720. The highest BCUT2D eigenvalue weighted by Crippen LogP contribution is 2.20. The first-order chi connectivity index (χ1) is 11.8. The number of fused-ring (bicyclic) bond motifs is 1. The first-order valence-corrected chi connectivity index (χ1v) is 8.64. The summed E-state index contributed by atoms with van der Waals surface area (Å²) in [6, 6.07) is 21.4. The van der Waals surface area contributed by atoms with Crippen molar-refractivity contribution >= 4 is 28.3 Å². The SMILES string of the molecule is Clc1ccc(CN2CCN(c3ccc4c[c]ccc4n3)CC2)cc1. The molecule has 1 aliphatic rings. The Morgan fingerprint density at radius 2 is 1.75 bits per heavy atom. The topological polar surface area (TPSA) is 19.4 Å². The zero-order chi connectivity index (χ0) is 16.4. The molecule has 4 heteroatoms. The summed E-state index contributed by atoms with van der Waals surface area (Å²) in [5.74, 6) is 1.07. The third-order valence-corrected chi connectivity index (χ3v) is 4.79. The fourth-order valence-corrected chi connectivity index (χ4v) is 3.28. The van der Waals surface area contributed by atoms with E-state index in [0.29, 0.717) is 0 Å². The van der Waals surface area contributed by atoms with Crippen molar-refractivity contribution in [1.29, 1.82) is 0 Å². The van der Waals surface area contributed by atoms with Crippen molar-refractivity contribution in [2.75, 3.05) is 31.1 Å². The molecule has 0 aliphatic carbocycles. The summed E-state index contributed by atoms with van der Waals surface area (Å²) in [7, 11) is 0. The molecule has 24 heavy (non-hydrogen) atoms. The predicted molar refractivity (Wildman–Crippen MR) is 99.5 cm³/mol. The Morgan fingerprint density at radius 3 is 2.54 bits per heavy atom. The highest BCUT2D eigenvalue weighted by molar-refractivity contribution is 6.30. The van der Waals surface area contributed by atoms with E-state index in [1.165, 1.54) is 5.56 Å². The third kappa shape index (κ3) is 3.37. The van der Waals surface area contributed by atoms with Gasteiger partial charge in [0.05, 0.1) is 5.52 Å². The van der Waals surface area contributed by atoms with Gasteiger partial charge < -0.3 is 4.90 Å². The molecule has 4 rings (SSSR count). The number of halogens is 1. The van der Waals surface area contributed by atoms with Crippen LogP contribution in [-0.4, -0.2) is 36.1 Å². The van der Waals surface area contributed by atoms with Crippen LogP contribution in [0, 0.1) is 6.07 Å². The first-order valence-electron chi connectivity index (χ1n) is 8.26. The largest absolute Gasteiger partial charge is 0.354 e. The standard InChI is InChI=1S/C20H19ClN3/c21-18-8-5-16(6-9-18)15-23-11-13-24(14-12-23)20-10-7-17-3-1-2-4-19(17)22-20/h2-10H,11-15H2. The molecule has 0 amide bonds. The van der Waals surface area contributed by atoms with Crippen LogP contribution in [0.4, 0.5) is 5.82 Å². The van der Waals surface area contributed by atoms with Gasteiger partial charge in [0.2, 0.25) is 0 Å². The molecule has 3 nitrogen and oxygen atoms in total. The van der Waals surface area contributed by atoms with E-state index in [-0.39, 0.29) is 0 Å². The number of benzene rings is 2. The Balaban J connectivity index is 1.40. The number of rotatable bonds is 3. The van der Waals surface area contributed by atoms with E-state index in [4.69, 9.17) is 16.6 Å². The van der Waals surface area contributed by atoms with Crippen LogP contribution in [0.25, 0.3) is 10.9 Å². The molecule has 0 atom stereocenters. The van der Waals surface area contributed by atoms with Crippen molar-refractivity contribution in [1.82, 2.24) is 9.88 Å². The smallest absolute Gasteiger partial charge is 0.129 e. The third-order valence-electron chi connectivity index (χ3n) is 4.53. The van der Waals surface area contributed by atoms with E-state index in [9.17, 15) is 0 Å². The lowest BCUT2D eigenvalue weighted by Gasteiger charge is -2.35. The van der Waals surface area contributed by atoms with Gasteiger partial charge in [-0.05, 0) is 48.0 Å². The van der Waals surface area contributed by atoms with E-state index in [0.717, 1.165) is 54.5 Å². The number of hydrogen-bond donors (Lipinski definition) is 0. The number of nitrogens with zero attached hydrogens (tertiary/aromatic N) is 3. The Morgan fingerprint density at radius 1 is 0.958 bits per heavy atom. The molecule has 3 aromatic rings. The van der Waals surface area contributed by atoms with E-state index < -0.39 is 0 Å². The van der Waals surface area contributed by atoms with Gasteiger partial charge in [0.25, 0.3) is 0 Å². The normalized spacial score (nSPS) is 15.8. The molecule has 0 saturated carbocycles. The summed E-state index contributed by atoms with van der Waals surface area (Å²) in [6.45, 7) is 5.08. The van der Waals surface area contributed by atoms with Gasteiger partial charge in [-0.3, -0.25) is 4.90 Å². The predicted octanol–water partition coefficient (Wildman–Crippen LogP) is 4.01. The molecule has 1 aromatic heterocycles. The molecule has 1 radical (unpaired) electrons. The number of anilines is 1. The van der Waals surface area contributed by atoms with E-state index in [1.807, 2.05) is 30.3 Å². The highest BCUT2D eigenvalue weighted by Gasteiger charge is 2.18. The molecule has 0 bridgehead atoms. The van der Waals surface area contributed by atoms with Crippen molar-refractivity contribution in [3.8, 4) is 0 Å². The molecule has 121 valence electrons. The van der Waals surface area contributed by atoms with Crippen molar-refractivity contribution in [3.63, 3.8) is 0 Å². The van der Waals surface area contributed by atoms with Crippen LogP contribution >= 0.6 is 11.6 Å². The fourth-order valence-electron chi connectivity index (χ4n) is 3.15. The molecule has 2 aromatic carbocycles. The van der Waals surface area contributed by atoms with Gasteiger partial charge in [0.1, 0.15) is 5.82 Å². The zero-order valence-electron chi connectivity index (χ0n) is 13.5. The summed E-state index contributed by atoms with van der Waals surface area (Å²) in [5, 5.41) is 1.94. The maximum absolute atomic E-state index is 5.95. The van der Waals surface area contributed by atoms with Crippen molar-refractivity contribution in [2.24, 2.45) is 0 Å². The van der Waals surface area contributed by atoms with Crippen LogP contribution in [0.5, 0.6) is 0 Å². The van der Waals surface area contributed by atoms with Crippen LogP contribution in [0.3, 0.4) is 0 Å². The van der Waals surface area contributed by atoms with Gasteiger partial charge in [-0.25, -0.2) is 4.98 Å². The molecule has 1 fully saturated rings. The summed E-state index contributed by atoms with van der Waals surface area (Å²) >= 11 is 5.95. The molecule has 1 saturated heterocycles. The summed E-state index contributed by atoms with van der Waals surface area (Å²) in [4.78, 5) is 9.64. The van der Waals surface area contributed by atoms with Gasteiger partial charge in [-0.15, -0.1) is 0 Å². The van der Waals surface area contributed by atoms with Gasteiger partial charge in [-0.1, -0.05) is 29.8 Å². The highest BCUT2D eigenvalue weighted by atomic mass is 35.5. The van der Waals surface area contributed by atoms with Crippen LogP contribution < -0.4 is 4.90 Å². The maximum atomic E-state index is 5.95. The van der Waals surface area contributed by atoms with E-state index in [1.54, 1.807) is 0 Å². The first kappa shape index (κ1) is 15.4.